The maximum Gasteiger partial charge on any atom is 0.329 e. The van der Waals surface area contributed by atoms with Crippen LogP contribution in [0.15, 0.2) is 24.3 Å². The molecule has 0 spiro atoms. The molecule has 1 aliphatic rings. The van der Waals surface area contributed by atoms with Gasteiger partial charge in [0, 0.05) is 11.6 Å². The normalized spacial score (nSPS) is 19.6. The van der Waals surface area contributed by atoms with Crippen molar-refractivity contribution in [3.8, 4) is 5.75 Å². The lowest BCUT2D eigenvalue weighted by atomic mass is 9.86. The van der Waals surface area contributed by atoms with Gasteiger partial charge in [-0.3, -0.25) is 9.59 Å². The first-order valence-electron chi connectivity index (χ1n) is 10.8. The molecule has 166 valence electrons. The first kappa shape index (κ1) is 23.7. The molecule has 0 aromatic heterocycles. The molecular weight excluding hydrogens is 384 g/mol. The molecule has 0 radical (unpaired) electrons. The van der Waals surface area contributed by atoms with Gasteiger partial charge in [-0.25, -0.2) is 4.79 Å². The minimum atomic E-state index is -0.842. The Morgan fingerprint density at radius 2 is 1.77 bits per heavy atom. The SMILES string of the molecule is CCOc1ccc(C(=O)N[C@H](C(=O)OCC(=O)N[C@H]2CCCC[C@@H]2C)C(C)C)cc1. The second-order valence-corrected chi connectivity index (χ2v) is 8.20. The van der Waals surface area contributed by atoms with Crippen LogP contribution in [0.5, 0.6) is 5.75 Å². The van der Waals surface area contributed by atoms with Crippen molar-refractivity contribution >= 4 is 17.8 Å². The van der Waals surface area contributed by atoms with E-state index in [0.717, 1.165) is 19.3 Å². The summed E-state index contributed by atoms with van der Waals surface area (Å²) in [5.41, 5.74) is 0.418. The van der Waals surface area contributed by atoms with Gasteiger partial charge in [0.1, 0.15) is 11.8 Å². The van der Waals surface area contributed by atoms with Crippen molar-refractivity contribution in [3.05, 3.63) is 29.8 Å². The van der Waals surface area contributed by atoms with Gasteiger partial charge in [-0.2, -0.15) is 0 Å². The van der Waals surface area contributed by atoms with Crippen LogP contribution in [0.3, 0.4) is 0 Å². The monoisotopic (exact) mass is 418 g/mol. The molecule has 1 fully saturated rings. The first-order valence-corrected chi connectivity index (χ1v) is 10.8. The van der Waals surface area contributed by atoms with Crippen molar-refractivity contribution in [3.63, 3.8) is 0 Å². The zero-order valence-corrected chi connectivity index (χ0v) is 18.4. The third-order valence-corrected chi connectivity index (χ3v) is 5.44. The highest BCUT2D eigenvalue weighted by atomic mass is 16.5. The summed E-state index contributed by atoms with van der Waals surface area (Å²) < 4.78 is 10.6. The van der Waals surface area contributed by atoms with Gasteiger partial charge in [0.25, 0.3) is 11.8 Å². The van der Waals surface area contributed by atoms with E-state index < -0.39 is 12.0 Å². The van der Waals surface area contributed by atoms with E-state index >= 15 is 0 Å². The molecule has 1 aromatic rings. The number of carbonyl (C=O) groups excluding carboxylic acids is 3. The highest BCUT2D eigenvalue weighted by molar-refractivity contribution is 5.97. The number of carbonyl (C=O) groups is 3. The number of rotatable bonds is 9. The van der Waals surface area contributed by atoms with Crippen LogP contribution in [-0.4, -0.2) is 43.1 Å². The Bertz CT molecular complexity index is 717. The number of amides is 2. The predicted octanol–water partition coefficient (Wildman–Crippen LogP) is 3.08. The van der Waals surface area contributed by atoms with Crippen LogP contribution in [0, 0.1) is 11.8 Å². The Hall–Kier alpha value is -2.57. The first-order chi connectivity index (χ1) is 14.3. The Morgan fingerprint density at radius 3 is 2.37 bits per heavy atom. The molecule has 7 nitrogen and oxygen atoms in total. The zero-order valence-electron chi connectivity index (χ0n) is 18.4. The van der Waals surface area contributed by atoms with Crippen LogP contribution < -0.4 is 15.4 Å². The van der Waals surface area contributed by atoms with Gasteiger partial charge < -0.3 is 20.1 Å². The molecule has 2 amide bonds. The van der Waals surface area contributed by atoms with Crippen LogP contribution in [0.1, 0.15) is 63.7 Å². The molecule has 1 saturated carbocycles. The van der Waals surface area contributed by atoms with Crippen molar-refractivity contribution in [2.45, 2.75) is 65.5 Å². The molecule has 7 heteroatoms. The second-order valence-electron chi connectivity index (χ2n) is 8.20. The molecule has 2 rings (SSSR count). The molecule has 0 bridgehead atoms. The van der Waals surface area contributed by atoms with Gasteiger partial charge >= 0.3 is 5.97 Å². The highest BCUT2D eigenvalue weighted by Crippen LogP contribution is 2.23. The largest absolute Gasteiger partial charge is 0.494 e. The van der Waals surface area contributed by atoms with E-state index in [4.69, 9.17) is 9.47 Å². The van der Waals surface area contributed by atoms with Crippen LogP contribution in [0.2, 0.25) is 0 Å². The molecular formula is C23H34N2O5. The van der Waals surface area contributed by atoms with Crippen LogP contribution in [0.4, 0.5) is 0 Å². The Balaban J connectivity index is 1.87. The van der Waals surface area contributed by atoms with Crippen molar-refractivity contribution < 1.29 is 23.9 Å². The Morgan fingerprint density at radius 1 is 1.10 bits per heavy atom. The number of esters is 1. The third kappa shape index (κ3) is 7.04. The number of hydrogen-bond donors (Lipinski definition) is 2. The molecule has 1 aromatic carbocycles. The lowest BCUT2D eigenvalue weighted by Gasteiger charge is -2.29. The van der Waals surface area contributed by atoms with Crippen molar-refractivity contribution in [1.29, 1.82) is 0 Å². The summed E-state index contributed by atoms with van der Waals surface area (Å²) in [4.78, 5) is 37.2. The number of hydrogen-bond acceptors (Lipinski definition) is 5. The summed E-state index contributed by atoms with van der Waals surface area (Å²) in [6, 6.07) is 5.98. The van der Waals surface area contributed by atoms with Gasteiger partial charge in [-0.1, -0.05) is 33.6 Å². The lowest BCUT2D eigenvalue weighted by molar-refractivity contribution is -0.151. The van der Waals surface area contributed by atoms with Crippen LogP contribution >= 0.6 is 0 Å². The fourth-order valence-electron chi connectivity index (χ4n) is 3.60. The van der Waals surface area contributed by atoms with Crippen molar-refractivity contribution in [2.75, 3.05) is 13.2 Å². The molecule has 0 saturated heterocycles. The molecule has 0 heterocycles. The van der Waals surface area contributed by atoms with E-state index in [1.807, 2.05) is 20.8 Å². The fraction of sp³-hybridized carbons (Fsp3) is 0.609. The molecule has 0 aliphatic heterocycles. The summed E-state index contributed by atoms with van der Waals surface area (Å²) in [6.07, 6.45) is 4.33. The quantitative estimate of drug-likeness (QED) is 0.601. The van der Waals surface area contributed by atoms with E-state index in [1.165, 1.54) is 6.42 Å². The molecule has 30 heavy (non-hydrogen) atoms. The Kier molecular flexibility index (Phi) is 9.15. The molecule has 1 aliphatic carbocycles. The number of nitrogens with one attached hydrogen (secondary N) is 2. The van der Waals surface area contributed by atoms with E-state index in [9.17, 15) is 14.4 Å². The molecule has 0 unspecified atom stereocenters. The molecule has 2 N–H and O–H groups in total. The van der Waals surface area contributed by atoms with Gasteiger partial charge in [0.2, 0.25) is 0 Å². The standard InChI is InChI=1S/C23H34N2O5/c1-5-29-18-12-10-17(11-13-18)22(27)25-21(15(2)3)23(28)30-14-20(26)24-19-9-7-6-8-16(19)4/h10-13,15-16,19,21H,5-9,14H2,1-4H3,(H,24,26)(H,25,27)/t16-,19-,21-/m0/s1. The molecule has 3 atom stereocenters. The van der Waals surface area contributed by atoms with Gasteiger partial charge in [0.05, 0.1) is 6.61 Å². The van der Waals surface area contributed by atoms with Crippen molar-refractivity contribution in [1.82, 2.24) is 10.6 Å². The predicted molar refractivity (Wildman–Crippen MR) is 114 cm³/mol. The summed E-state index contributed by atoms with van der Waals surface area (Å²) in [7, 11) is 0. The number of benzene rings is 1. The van der Waals surface area contributed by atoms with E-state index in [1.54, 1.807) is 24.3 Å². The maximum absolute atomic E-state index is 12.5. The van der Waals surface area contributed by atoms with Crippen LogP contribution in [0.25, 0.3) is 0 Å². The lowest BCUT2D eigenvalue weighted by Crippen LogP contribution is -2.47. The van der Waals surface area contributed by atoms with Crippen molar-refractivity contribution in [2.24, 2.45) is 11.8 Å². The maximum atomic E-state index is 12.5. The fourth-order valence-corrected chi connectivity index (χ4v) is 3.60. The highest BCUT2D eigenvalue weighted by Gasteiger charge is 2.28. The average Bonchev–Trinajstić information content (AvgIpc) is 2.72. The Labute approximate surface area is 178 Å². The average molecular weight is 419 g/mol. The minimum absolute atomic E-state index is 0.130. The van der Waals surface area contributed by atoms with Gasteiger partial charge in [-0.15, -0.1) is 0 Å². The van der Waals surface area contributed by atoms with E-state index in [-0.39, 0.29) is 30.4 Å². The summed E-state index contributed by atoms with van der Waals surface area (Å²) >= 11 is 0. The smallest absolute Gasteiger partial charge is 0.329 e. The van der Waals surface area contributed by atoms with E-state index in [0.29, 0.717) is 23.8 Å². The second kappa shape index (κ2) is 11.6. The van der Waals surface area contributed by atoms with Gasteiger partial charge in [0.15, 0.2) is 6.61 Å². The number of ether oxygens (including phenoxy) is 2. The van der Waals surface area contributed by atoms with Crippen LogP contribution in [-0.2, 0) is 14.3 Å². The topological polar surface area (TPSA) is 93.7 Å². The summed E-state index contributed by atoms with van der Waals surface area (Å²) in [5, 5.41) is 5.67. The van der Waals surface area contributed by atoms with E-state index in [2.05, 4.69) is 17.6 Å². The minimum Gasteiger partial charge on any atom is -0.494 e. The zero-order chi connectivity index (χ0) is 22.1. The third-order valence-electron chi connectivity index (χ3n) is 5.44. The summed E-state index contributed by atoms with van der Waals surface area (Å²) in [6.45, 7) is 7.84. The summed E-state index contributed by atoms with van der Waals surface area (Å²) in [5.74, 6) is -0.388. The van der Waals surface area contributed by atoms with Gasteiger partial charge in [-0.05, 0) is 55.9 Å².